The molecule has 1 aliphatic rings. The number of nitrogens with zero attached hydrogens (tertiary/aromatic N) is 3. The Morgan fingerprint density at radius 3 is 1.91 bits per heavy atom. The van der Waals surface area contributed by atoms with Crippen molar-refractivity contribution in [2.75, 3.05) is 26.2 Å². The van der Waals surface area contributed by atoms with Gasteiger partial charge in [0.05, 0.1) is 10.7 Å². The van der Waals surface area contributed by atoms with Crippen LogP contribution in [-0.2, 0) is 13.0 Å². The number of aryl methyl sites for hydroxylation is 2. The number of benzene rings is 2. The summed E-state index contributed by atoms with van der Waals surface area (Å²) in [6.45, 7) is 6.60. The Hall–Kier alpha value is -3.19. The minimum Gasteiger partial charge on any atom is -0.487 e. The molecule has 0 unspecified atom stereocenters. The Balaban J connectivity index is 1.29. The Morgan fingerprint density at radius 2 is 1.44 bits per heavy atom. The Kier molecular flexibility index (Phi) is 6.85. The van der Waals surface area contributed by atoms with Gasteiger partial charge < -0.3 is 14.5 Å². The normalized spacial score (nSPS) is 13.8. The van der Waals surface area contributed by atoms with Gasteiger partial charge in [0.1, 0.15) is 12.4 Å². The third-order valence-corrected chi connectivity index (χ3v) is 6.44. The minimum atomic E-state index is -0.0222. The summed E-state index contributed by atoms with van der Waals surface area (Å²) < 4.78 is 5.76. The smallest absolute Gasteiger partial charge is 0.253 e. The number of rotatable bonds is 6. The summed E-state index contributed by atoms with van der Waals surface area (Å²) in [5, 5.41) is 3.00. The van der Waals surface area contributed by atoms with E-state index in [0.717, 1.165) is 17.1 Å². The molecular formula is C25H27N3O3S. The average Bonchev–Trinajstić information content (AvgIpc) is 3.27. The highest BCUT2D eigenvalue weighted by atomic mass is 32.1. The molecule has 6 nitrogen and oxygen atoms in total. The van der Waals surface area contributed by atoms with Crippen LogP contribution in [0.25, 0.3) is 0 Å². The van der Waals surface area contributed by atoms with Crippen LogP contribution in [0.5, 0.6) is 5.75 Å². The van der Waals surface area contributed by atoms with E-state index in [1.807, 2.05) is 53.6 Å². The summed E-state index contributed by atoms with van der Waals surface area (Å²) in [5.41, 5.74) is 3.44. The lowest BCUT2D eigenvalue weighted by molar-refractivity contribution is 0.0535. The Bertz CT molecular complexity index is 1070. The predicted molar refractivity (Wildman–Crippen MR) is 125 cm³/mol. The molecule has 0 spiro atoms. The van der Waals surface area contributed by atoms with Crippen LogP contribution in [0.2, 0.25) is 0 Å². The van der Waals surface area contributed by atoms with Gasteiger partial charge in [-0.1, -0.05) is 19.1 Å². The number of ether oxygens (including phenoxy) is 1. The first-order valence-corrected chi connectivity index (χ1v) is 11.7. The van der Waals surface area contributed by atoms with Crippen molar-refractivity contribution in [1.29, 1.82) is 0 Å². The van der Waals surface area contributed by atoms with E-state index >= 15 is 0 Å². The summed E-state index contributed by atoms with van der Waals surface area (Å²) in [6, 6.07) is 15.0. The summed E-state index contributed by atoms with van der Waals surface area (Å²) in [4.78, 5) is 33.6. The molecule has 1 saturated heterocycles. The highest BCUT2D eigenvalue weighted by Gasteiger charge is 2.25. The molecule has 0 atom stereocenters. The van der Waals surface area contributed by atoms with Gasteiger partial charge in [-0.2, -0.15) is 0 Å². The van der Waals surface area contributed by atoms with Crippen molar-refractivity contribution in [3.05, 3.63) is 81.3 Å². The molecule has 2 amide bonds. The van der Waals surface area contributed by atoms with Crippen LogP contribution in [0.4, 0.5) is 0 Å². The van der Waals surface area contributed by atoms with E-state index in [1.54, 1.807) is 28.4 Å². The van der Waals surface area contributed by atoms with Gasteiger partial charge in [-0.05, 0) is 55.3 Å². The maximum atomic E-state index is 12.9. The topological polar surface area (TPSA) is 62.7 Å². The molecule has 1 fully saturated rings. The monoisotopic (exact) mass is 449 g/mol. The molecule has 3 aromatic rings. The van der Waals surface area contributed by atoms with Crippen LogP contribution in [-0.4, -0.2) is 52.8 Å². The molecular weight excluding hydrogens is 422 g/mol. The van der Waals surface area contributed by atoms with E-state index in [-0.39, 0.29) is 11.8 Å². The number of aromatic nitrogens is 1. The fourth-order valence-corrected chi connectivity index (χ4v) is 4.28. The van der Waals surface area contributed by atoms with Gasteiger partial charge in [0, 0.05) is 42.7 Å². The van der Waals surface area contributed by atoms with Crippen molar-refractivity contribution >= 4 is 23.2 Å². The van der Waals surface area contributed by atoms with E-state index in [9.17, 15) is 9.59 Å². The highest BCUT2D eigenvalue weighted by Crippen LogP contribution is 2.18. The SMILES string of the molecule is CCc1ccc(C(=O)N2CCN(C(=O)c3ccc(OCc4csc(C)n4)cc3)CC2)cc1. The second-order valence-electron chi connectivity index (χ2n) is 7.81. The van der Waals surface area contributed by atoms with Gasteiger partial charge >= 0.3 is 0 Å². The van der Waals surface area contributed by atoms with E-state index in [1.165, 1.54) is 5.56 Å². The van der Waals surface area contributed by atoms with Crippen LogP contribution < -0.4 is 4.74 Å². The minimum absolute atomic E-state index is 0.0222. The maximum absolute atomic E-state index is 12.9. The first kappa shape index (κ1) is 22.0. The molecule has 0 aliphatic carbocycles. The molecule has 32 heavy (non-hydrogen) atoms. The molecule has 1 aromatic heterocycles. The van der Waals surface area contributed by atoms with Gasteiger partial charge in [0.2, 0.25) is 0 Å². The molecule has 0 radical (unpaired) electrons. The van der Waals surface area contributed by atoms with E-state index in [2.05, 4.69) is 11.9 Å². The fourth-order valence-electron chi connectivity index (χ4n) is 3.69. The van der Waals surface area contributed by atoms with Crippen LogP contribution in [0.3, 0.4) is 0 Å². The lowest BCUT2D eigenvalue weighted by Gasteiger charge is -2.35. The van der Waals surface area contributed by atoms with Gasteiger partial charge in [-0.15, -0.1) is 11.3 Å². The summed E-state index contributed by atoms with van der Waals surface area (Å²) in [7, 11) is 0. The standard InChI is InChI=1S/C25H27N3O3S/c1-3-19-4-6-20(7-5-19)24(29)27-12-14-28(15-13-27)25(30)21-8-10-23(11-9-21)31-16-22-17-32-18(2)26-22/h4-11,17H,3,12-16H2,1-2H3. The maximum Gasteiger partial charge on any atom is 0.253 e. The zero-order chi connectivity index (χ0) is 22.5. The first-order valence-electron chi connectivity index (χ1n) is 10.8. The van der Waals surface area contributed by atoms with Gasteiger partial charge in [-0.3, -0.25) is 9.59 Å². The summed E-state index contributed by atoms with van der Waals surface area (Å²) in [6.07, 6.45) is 0.952. The van der Waals surface area contributed by atoms with Crippen molar-refractivity contribution in [2.45, 2.75) is 26.9 Å². The molecule has 166 valence electrons. The average molecular weight is 450 g/mol. The number of hydrogen-bond donors (Lipinski definition) is 0. The first-order chi connectivity index (χ1) is 15.5. The number of hydrogen-bond acceptors (Lipinski definition) is 5. The van der Waals surface area contributed by atoms with Crippen molar-refractivity contribution < 1.29 is 14.3 Å². The number of carbonyl (C=O) groups is 2. The molecule has 7 heteroatoms. The van der Waals surface area contributed by atoms with Crippen LogP contribution in [0.15, 0.2) is 53.9 Å². The van der Waals surface area contributed by atoms with Crippen molar-refractivity contribution in [3.8, 4) is 5.75 Å². The zero-order valence-corrected chi connectivity index (χ0v) is 19.2. The molecule has 2 aromatic carbocycles. The third-order valence-electron chi connectivity index (χ3n) is 5.62. The number of piperazine rings is 1. The van der Waals surface area contributed by atoms with Gasteiger partial charge in [0.25, 0.3) is 11.8 Å². The van der Waals surface area contributed by atoms with Crippen LogP contribution in [0.1, 0.15) is 43.9 Å². The lowest BCUT2D eigenvalue weighted by Crippen LogP contribution is -2.50. The predicted octanol–water partition coefficient (Wildman–Crippen LogP) is 4.19. The molecule has 0 N–H and O–H groups in total. The zero-order valence-electron chi connectivity index (χ0n) is 18.4. The molecule has 0 bridgehead atoms. The highest BCUT2D eigenvalue weighted by molar-refractivity contribution is 7.09. The number of amides is 2. The van der Waals surface area contributed by atoms with Crippen molar-refractivity contribution in [3.63, 3.8) is 0 Å². The molecule has 4 rings (SSSR count). The van der Waals surface area contributed by atoms with Crippen molar-refractivity contribution in [1.82, 2.24) is 14.8 Å². The van der Waals surface area contributed by atoms with Gasteiger partial charge in [-0.25, -0.2) is 4.98 Å². The fraction of sp³-hybridized carbons (Fsp3) is 0.320. The van der Waals surface area contributed by atoms with E-state index in [0.29, 0.717) is 49.7 Å². The van der Waals surface area contributed by atoms with E-state index < -0.39 is 0 Å². The molecule has 2 heterocycles. The Morgan fingerprint density at radius 1 is 0.906 bits per heavy atom. The van der Waals surface area contributed by atoms with Crippen LogP contribution in [0, 0.1) is 6.92 Å². The van der Waals surface area contributed by atoms with Gasteiger partial charge in [0.15, 0.2) is 0 Å². The molecule has 0 saturated carbocycles. The van der Waals surface area contributed by atoms with Crippen LogP contribution >= 0.6 is 11.3 Å². The summed E-state index contributed by atoms with van der Waals surface area (Å²) in [5.74, 6) is 0.708. The largest absolute Gasteiger partial charge is 0.487 e. The van der Waals surface area contributed by atoms with Crippen molar-refractivity contribution in [2.24, 2.45) is 0 Å². The second kappa shape index (κ2) is 9.96. The quantitative estimate of drug-likeness (QED) is 0.566. The lowest BCUT2D eigenvalue weighted by atomic mass is 10.1. The van der Waals surface area contributed by atoms with E-state index in [4.69, 9.17) is 4.74 Å². The number of carbonyl (C=O) groups excluding carboxylic acids is 2. The second-order valence-corrected chi connectivity index (χ2v) is 8.87. The number of thiazole rings is 1. The third kappa shape index (κ3) is 5.16. The molecule has 1 aliphatic heterocycles. The Labute approximate surface area is 192 Å². The summed E-state index contributed by atoms with van der Waals surface area (Å²) >= 11 is 1.60.